The molecule has 1 fully saturated rings. The van der Waals surface area contributed by atoms with E-state index in [4.69, 9.17) is 4.74 Å². The smallest absolute Gasteiger partial charge is 0.325 e. The molecule has 0 radical (unpaired) electrons. The second-order valence-electron chi connectivity index (χ2n) is 6.82. The Morgan fingerprint density at radius 1 is 1.25 bits per heavy atom. The van der Waals surface area contributed by atoms with Gasteiger partial charge in [0.2, 0.25) is 5.91 Å². The zero-order valence-corrected chi connectivity index (χ0v) is 16.2. The Labute approximate surface area is 164 Å². The molecule has 8 heteroatoms. The lowest BCUT2D eigenvalue weighted by atomic mass is 9.93. The van der Waals surface area contributed by atoms with Gasteiger partial charge in [-0.1, -0.05) is 18.2 Å². The fourth-order valence-corrected chi connectivity index (χ4v) is 3.22. The third kappa shape index (κ3) is 7.17. The molecule has 1 saturated heterocycles. The van der Waals surface area contributed by atoms with E-state index in [1.165, 1.54) is 6.07 Å². The lowest BCUT2D eigenvalue weighted by molar-refractivity contribution is -0.141. The molecule has 154 valence electrons. The minimum Gasteiger partial charge on any atom is -0.465 e. The molecule has 1 atom stereocenters. The Morgan fingerprint density at radius 3 is 2.79 bits per heavy atom. The fourth-order valence-electron chi connectivity index (χ4n) is 3.22. The van der Waals surface area contributed by atoms with Gasteiger partial charge in [0, 0.05) is 31.6 Å². The van der Waals surface area contributed by atoms with Gasteiger partial charge in [0.25, 0.3) is 0 Å². The summed E-state index contributed by atoms with van der Waals surface area (Å²) in [5, 5.41) is 5.30. The highest BCUT2D eigenvalue weighted by atomic mass is 19.1. The van der Waals surface area contributed by atoms with E-state index in [2.05, 4.69) is 10.6 Å². The summed E-state index contributed by atoms with van der Waals surface area (Å²) in [5.74, 6) is -0.705. The van der Waals surface area contributed by atoms with E-state index in [9.17, 15) is 18.8 Å². The zero-order valence-electron chi connectivity index (χ0n) is 16.2. The highest BCUT2D eigenvalue weighted by Gasteiger charge is 2.24. The van der Waals surface area contributed by atoms with E-state index in [0.29, 0.717) is 31.5 Å². The summed E-state index contributed by atoms with van der Waals surface area (Å²) in [5.41, 5.74) is 0.456. The van der Waals surface area contributed by atoms with Crippen LogP contribution in [0.15, 0.2) is 24.3 Å². The normalized spacial score (nSPS) is 16.4. The molecule has 1 heterocycles. The van der Waals surface area contributed by atoms with Crippen LogP contribution in [0.1, 0.15) is 38.2 Å². The lowest BCUT2D eigenvalue weighted by Gasteiger charge is -2.32. The first-order valence-corrected chi connectivity index (χ1v) is 9.68. The number of carbonyl (C=O) groups excluding carboxylic acids is 3. The Bertz CT molecular complexity index is 683. The van der Waals surface area contributed by atoms with E-state index >= 15 is 0 Å². The molecule has 1 aromatic rings. The van der Waals surface area contributed by atoms with Gasteiger partial charge in [-0.2, -0.15) is 0 Å². The molecule has 0 aromatic heterocycles. The van der Waals surface area contributed by atoms with Gasteiger partial charge >= 0.3 is 12.0 Å². The third-order valence-corrected chi connectivity index (χ3v) is 4.71. The molecule has 0 bridgehead atoms. The van der Waals surface area contributed by atoms with E-state index in [1.807, 2.05) is 0 Å². The van der Waals surface area contributed by atoms with Crippen LogP contribution in [0.2, 0.25) is 0 Å². The number of amides is 3. The maximum Gasteiger partial charge on any atom is 0.325 e. The van der Waals surface area contributed by atoms with Crippen molar-refractivity contribution in [2.24, 2.45) is 5.92 Å². The van der Waals surface area contributed by atoms with Gasteiger partial charge in [-0.15, -0.1) is 0 Å². The number of piperidine rings is 1. The Hall–Kier alpha value is -2.64. The second kappa shape index (κ2) is 11.3. The molecule has 1 aliphatic heterocycles. The van der Waals surface area contributed by atoms with Crippen LogP contribution in [-0.4, -0.2) is 49.0 Å². The third-order valence-electron chi connectivity index (χ3n) is 4.71. The van der Waals surface area contributed by atoms with Gasteiger partial charge in [-0.3, -0.25) is 9.59 Å². The quantitative estimate of drug-likeness (QED) is 0.663. The minimum absolute atomic E-state index is 0.132. The SMILES string of the molecule is CCOC(=O)CNC(=O)N1CCC[C@@H](CCC(=O)NCc2ccccc2F)C1. The topological polar surface area (TPSA) is 87.7 Å². The average molecular weight is 393 g/mol. The molecule has 1 aliphatic rings. The van der Waals surface area contributed by atoms with Crippen molar-refractivity contribution in [3.05, 3.63) is 35.6 Å². The van der Waals surface area contributed by atoms with E-state index < -0.39 is 5.97 Å². The minimum atomic E-state index is -0.462. The van der Waals surface area contributed by atoms with Crippen molar-refractivity contribution in [1.82, 2.24) is 15.5 Å². The first kappa shape index (κ1) is 21.7. The van der Waals surface area contributed by atoms with Crippen molar-refractivity contribution in [2.45, 2.75) is 39.2 Å². The maximum absolute atomic E-state index is 13.6. The predicted octanol–water partition coefficient (Wildman–Crippen LogP) is 2.21. The summed E-state index contributed by atoms with van der Waals surface area (Å²) >= 11 is 0. The highest BCUT2D eigenvalue weighted by Crippen LogP contribution is 2.21. The molecular formula is C20H28FN3O4. The van der Waals surface area contributed by atoms with Crippen LogP contribution in [0.3, 0.4) is 0 Å². The molecule has 0 aliphatic carbocycles. The van der Waals surface area contributed by atoms with Crippen LogP contribution in [0, 0.1) is 11.7 Å². The number of benzene rings is 1. The fraction of sp³-hybridized carbons (Fsp3) is 0.550. The molecule has 7 nitrogen and oxygen atoms in total. The number of hydrogen-bond acceptors (Lipinski definition) is 4. The number of nitrogens with one attached hydrogen (secondary N) is 2. The largest absolute Gasteiger partial charge is 0.465 e. The molecule has 1 aromatic carbocycles. The Balaban J connectivity index is 1.69. The maximum atomic E-state index is 13.6. The lowest BCUT2D eigenvalue weighted by Crippen LogP contribution is -2.47. The number of hydrogen-bond donors (Lipinski definition) is 2. The first-order valence-electron chi connectivity index (χ1n) is 9.68. The zero-order chi connectivity index (χ0) is 20.4. The van der Waals surface area contributed by atoms with Gasteiger partial charge in [0.05, 0.1) is 6.61 Å². The van der Waals surface area contributed by atoms with E-state index in [-0.39, 0.29) is 43.4 Å². The molecule has 0 spiro atoms. The number of esters is 1. The molecule has 2 N–H and O–H groups in total. The van der Waals surface area contributed by atoms with Crippen LogP contribution in [0.25, 0.3) is 0 Å². The van der Waals surface area contributed by atoms with Gasteiger partial charge in [0.15, 0.2) is 0 Å². The number of likely N-dealkylation sites (tertiary alicyclic amines) is 1. The summed E-state index contributed by atoms with van der Waals surface area (Å²) in [6.07, 6.45) is 2.79. The summed E-state index contributed by atoms with van der Waals surface area (Å²) in [7, 11) is 0. The van der Waals surface area contributed by atoms with E-state index in [0.717, 1.165) is 12.8 Å². The first-order chi connectivity index (χ1) is 13.5. The molecule has 3 amide bonds. The van der Waals surface area contributed by atoms with Crippen molar-refractivity contribution < 1.29 is 23.5 Å². The van der Waals surface area contributed by atoms with Crippen molar-refractivity contribution in [1.29, 1.82) is 0 Å². The van der Waals surface area contributed by atoms with Crippen molar-refractivity contribution in [2.75, 3.05) is 26.2 Å². The van der Waals surface area contributed by atoms with Gasteiger partial charge in [0.1, 0.15) is 12.4 Å². The predicted molar refractivity (Wildman–Crippen MR) is 102 cm³/mol. The van der Waals surface area contributed by atoms with E-state index in [1.54, 1.807) is 30.0 Å². The summed E-state index contributed by atoms with van der Waals surface area (Å²) in [6.45, 7) is 3.19. The summed E-state index contributed by atoms with van der Waals surface area (Å²) in [4.78, 5) is 37.2. The number of nitrogens with zero attached hydrogens (tertiary/aromatic N) is 1. The number of rotatable bonds is 8. The second-order valence-corrected chi connectivity index (χ2v) is 6.82. The molecule has 0 unspecified atom stereocenters. The molecule has 0 saturated carbocycles. The van der Waals surface area contributed by atoms with Gasteiger partial charge in [-0.05, 0) is 38.2 Å². The van der Waals surface area contributed by atoms with Crippen LogP contribution in [0.4, 0.5) is 9.18 Å². The van der Waals surface area contributed by atoms with Crippen LogP contribution >= 0.6 is 0 Å². The summed E-state index contributed by atoms with van der Waals surface area (Å²) in [6, 6.07) is 6.06. The van der Waals surface area contributed by atoms with Crippen LogP contribution in [-0.2, 0) is 20.9 Å². The van der Waals surface area contributed by atoms with Crippen LogP contribution < -0.4 is 10.6 Å². The number of halogens is 1. The molecule has 28 heavy (non-hydrogen) atoms. The summed E-state index contributed by atoms with van der Waals surface area (Å²) < 4.78 is 18.4. The monoisotopic (exact) mass is 393 g/mol. The molecular weight excluding hydrogens is 365 g/mol. The number of carbonyl (C=O) groups is 3. The average Bonchev–Trinajstić information content (AvgIpc) is 2.70. The van der Waals surface area contributed by atoms with Gasteiger partial charge < -0.3 is 20.3 Å². The van der Waals surface area contributed by atoms with Gasteiger partial charge in [-0.25, -0.2) is 9.18 Å². The van der Waals surface area contributed by atoms with Crippen LogP contribution in [0.5, 0.6) is 0 Å². The number of ether oxygens (including phenoxy) is 1. The standard InChI is InChI=1S/C20H28FN3O4/c1-2-28-19(26)13-23-20(27)24-11-5-6-15(14-24)9-10-18(25)22-12-16-7-3-4-8-17(16)21/h3-4,7-8,15H,2,5-6,9-14H2,1H3,(H,22,25)(H,23,27)/t15-/m0/s1. The number of urea groups is 1. The Morgan fingerprint density at radius 2 is 2.04 bits per heavy atom. The highest BCUT2D eigenvalue weighted by molar-refractivity contribution is 5.81. The molecule has 2 rings (SSSR count). The van der Waals surface area contributed by atoms with Crippen molar-refractivity contribution in [3.63, 3.8) is 0 Å². The van der Waals surface area contributed by atoms with Crippen molar-refractivity contribution >= 4 is 17.9 Å². The Kier molecular flexibility index (Phi) is 8.71. The van der Waals surface area contributed by atoms with Crippen molar-refractivity contribution in [3.8, 4) is 0 Å².